The molecule has 1 aliphatic heterocycles. The predicted molar refractivity (Wildman–Crippen MR) is 93.3 cm³/mol. The molecule has 0 aromatic heterocycles. The highest BCUT2D eigenvalue weighted by Crippen LogP contribution is 2.51. The third-order valence-electron chi connectivity index (χ3n) is 5.17. The quantitative estimate of drug-likeness (QED) is 0.836. The van der Waals surface area contributed by atoms with Gasteiger partial charge in [0.25, 0.3) is 0 Å². The summed E-state index contributed by atoms with van der Waals surface area (Å²) in [6, 6.07) is 8.54. The molecule has 1 spiro atoms. The van der Waals surface area contributed by atoms with E-state index in [4.69, 9.17) is 4.74 Å². The van der Waals surface area contributed by atoms with Crippen molar-refractivity contribution in [2.45, 2.75) is 51.7 Å². The van der Waals surface area contributed by atoms with Gasteiger partial charge in [-0.2, -0.15) is 0 Å². The molecular weight excluding hydrogens is 320 g/mol. The van der Waals surface area contributed by atoms with Gasteiger partial charge in [-0.15, -0.1) is 0 Å². The fraction of sp³-hybridized carbons (Fsp3) is 0.611. The first-order valence-electron chi connectivity index (χ1n) is 8.60. The van der Waals surface area contributed by atoms with Crippen molar-refractivity contribution < 1.29 is 14.0 Å². The number of carbonyl (C=O) groups excluding carboxylic acids is 1. The van der Waals surface area contributed by atoms with Crippen molar-refractivity contribution in [3.63, 3.8) is 0 Å². The maximum absolute atomic E-state index is 12.3. The summed E-state index contributed by atoms with van der Waals surface area (Å²) in [7, 11) is -1.00. The van der Waals surface area contributed by atoms with Crippen LogP contribution >= 0.6 is 0 Å². The number of hydrogen-bond acceptors (Lipinski definition) is 3. The molecule has 0 radical (unpaired) electrons. The van der Waals surface area contributed by atoms with Crippen LogP contribution in [0.25, 0.3) is 0 Å². The smallest absolute Gasteiger partial charge is 0.410 e. The van der Waals surface area contributed by atoms with Gasteiger partial charge < -0.3 is 19.1 Å². The fourth-order valence-corrected chi connectivity index (χ4v) is 4.72. The number of rotatable bonds is 2. The van der Waals surface area contributed by atoms with Crippen LogP contribution in [-0.2, 0) is 15.6 Å². The molecule has 1 fully saturated rings. The largest absolute Gasteiger partial charge is 0.444 e. The van der Waals surface area contributed by atoms with E-state index in [1.54, 1.807) is 4.90 Å². The van der Waals surface area contributed by atoms with Crippen molar-refractivity contribution in [1.82, 2.24) is 9.88 Å². The van der Waals surface area contributed by atoms with E-state index in [0.29, 0.717) is 13.1 Å². The lowest BCUT2D eigenvalue weighted by atomic mass is 9.73. The molecule has 1 aromatic carbocycles. The fourth-order valence-electron chi connectivity index (χ4n) is 4.05. The van der Waals surface area contributed by atoms with E-state index in [0.717, 1.165) is 19.3 Å². The van der Waals surface area contributed by atoms with Gasteiger partial charge in [0.1, 0.15) is 5.60 Å². The molecule has 1 amide bonds. The topological polar surface area (TPSA) is 58.6 Å². The minimum Gasteiger partial charge on any atom is -0.444 e. The highest BCUT2D eigenvalue weighted by molar-refractivity contribution is 6.13. The number of carbonyl (C=O) groups is 1. The van der Waals surface area contributed by atoms with Gasteiger partial charge in [-0.05, 0) is 51.2 Å². The second kappa shape index (κ2) is 6.31. The summed E-state index contributed by atoms with van der Waals surface area (Å²) >= 11 is 0. The van der Waals surface area contributed by atoms with Crippen molar-refractivity contribution in [3.05, 3.63) is 35.4 Å². The molecule has 0 unspecified atom stereocenters. The van der Waals surface area contributed by atoms with Crippen LogP contribution in [0.15, 0.2) is 24.3 Å². The number of nitrogens with one attached hydrogen (secondary N) is 1. The molecule has 0 bridgehead atoms. The lowest BCUT2D eigenvalue weighted by Crippen LogP contribution is -2.48. The van der Waals surface area contributed by atoms with Gasteiger partial charge in [0.15, 0.2) is 0 Å². The Balaban J connectivity index is 1.73. The van der Waals surface area contributed by atoms with Gasteiger partial charge in [-0.25, -0.2) is 4.79 Å². The van der Waals surface area contributed by atoms with Crippen molar-refractivity contribution in [1.29, 1.82) is 0 Å². The van der Waals surface area contributed by atoms with E-state index < -0.39 is 15.2 Å². The number of ether oxygens (including phenoxy) is 1. The summed E-state index contributed by atoms with van der Waals surface area (Å²) in [5, 5.41) is 0. The average molecular weight is 347 g/mol. The molecule has 1 atom stereocenters. The number of benzene rings is 1. The van der Waals surface area contributed by atoms with Crippen LogP contribution in [0.5, 0.6) is 0 Å². The SMILES string of the molecule is CC(C)(C)OC(=O)N1CCC2(CC1)Cc1ccccc1[C@H]2N[SiH]=O. The maximum atomic E-state index is 12.3. The van der Waals surface area contributed by atoms with Crippen molar-refractivity contribution in [2.24, 2.45) is 5.41 Å². The molecular formula is C18H26N2O3Si. The average Bonchev–Trinajstić information content (AvgIpc) is 2.80. The third kappa shape index (κ3) is 3.24. The van der Waals surface area contributed by atoms with E-state index in [-0.39, 0.29) is 17.6 Å². The zero-order valence-corrected chi connectivity index (χ0v) is 15.8. The summed E-state index contributed by atoms with van der Waals surface area (Å²) in [6.45, 7) is 7.05. The van der Waals surface area contributed by atoms with Crippen molar-refractivity contribution in [3.8, 4) is 0 Å². The number of hydrogen-bond donors (Lipinski definition) is 1. The van der Waals surface area contributed by atoms with Crippen LogP contribution in [-0.4, -0.2) is 39.3 Å². The number of amides is 1. The molecule has 1 aliphatic carbocycles. The lowest BCUT2D eigenvalue weighted by Gasteiger charge is -2.43. The predicted octanol–water partition coefficient (Wildman–Crippen LogP) is 2.59. The zero-order valence-electron chi connectivity index (χ0n) is 14.7. The molecule has 1 N–H and O–H groups in total. The van der Waals surface area contributed by atoms with Gasteiger partial charge in [0.05, 0.1) is 6.04 Å². The zero-order chi connectivity index (χ0) is 17.4. The minimum absolute atomic E-state index is 0.0552. The Hall–Kier alpha value is -1.69. The first kappa shape index (κ1) is 17.1. The summed E-state index contributed by atoms with van der Waals surface area (Å²) in [5.74, 6) is 0. The van der Waals surface area contributed by atoms with Crippen molar-refractivity contribution in [2.75, 3.05) is 13.1 Å². The van der Waals surface area contributed by atoms with E-state index in [9.17, 15) is 9.26 Å². The van der Waals surface area contributed by atoms with Gasteiger partial charge in [0.2, 0.25) is 0 Å². The van der Waals surface area contributed by atoms with E-state index in [1.807, 2.05) is 26.8 Å². The second-order valence-corrected chi connectivity index (χ2v) is 8.49. The molecule has 3 rings (SSSR count). The number of piperidine rings is 1. The summed E-state index contributed by atoms with van der Waals surface area (Å²) in [6.07, 6.45) is 2.56. The normalized spacial score (nSPS) is 22.1. The Morgan fingerprint density at radius 2 is 1.96 bits per heavy atom. The summed E-state index contributed by atoms with van der Waals surface area (Å²) in [5.41, 5.74) is 2.20. The Bertz CT molecular complexity index is 633. The molecule has 1 saturated heterocycles. The Kier molecular flexibility index (Phi) is 4.51. The Morgan fingerprint density at radius 3 is 2.58 bits per heavy atom. The van der Waals surface area contributed by atoms with Gasteiger partial charge in [0, 0.05) is 18.5 Å². The molecule has 24 heavy (non-hydrogen) atoms. The molecule has 1 aromatic rings. The minimum atomic E-state index is -1.00. The van der Waals surface area contributed by atoms with Crippen LogP contribution in [0.3, 0.4) is 0 Å². The summed E-state index contributed by atoms with van der Waals surface area (Å²) < 4.78 is 16.8. The molecule has 1 heterocycles. The van der Waals surface area contributed by atoms with Gasteiger partial charge >= 0.3 is 15.7 Å². The van der Waals surface area contributed by atoms with Crippen LogP contribution < -0.4 is 4.98 Å². The van der Waals surface area contributed by atoms with Crippen molar-refractivity contribution >= 4 is 15.7 Å². The number of nitrogens with zero attached hydrogens (tertiary/aromatic N) is 1. The summed E-state index contributed by atoms with van der Waals surface area (Å²) in [4.78, 5) is 17.3. The molecule has 0 saturated carbocycles. The van der Waals surface area contributed by atoms with E-state index >= 15 is 0 Å². The molecule has 130 valence electrons. The van der Waals surface area contributed by atoms with Crippen LogP contribution in [0.2, 0.25) is 0 Å². The second-order valence-electron chi connectivity index (χ2n) is 7.92. The molecule has 2 aliphatic rings. The Morgan fingerprint density at radius 1 is 1.29 bits per heavy atom. The first-order chi connectivity index (χ1) is 11.3. The lowest BCUT2D eigenvalue weighted by molar-refractivity contribution is 0.00711. The van der Waals surface area contributed by atoms with Gasteiger partial charge in [-0.3, -0.25) is 0 Å². The highest BCUT2D eigenvalue weighted by atomic mass is 28.2. The van der Waals surface area contributed by atoms with Gasteiger partial charge in [-0.1, -0.05) is 24.3 Å². The highest BCUT2D eigenvalue weighted by Gasteiger charge is 2.48. The first-order valence-corrected chi connectivity index (χ1v) is 9.65. The van der Waals surface area contributed by atoms with Crippen LogP contribution in [0, 0.1) is 5.41 Å². The monoisotopic (exact) mass is 346 g/mol. The van der Waals surface area contributed by atoms with E-state index in [1.165, 1.54) is 11.1 Å². The number of fused-ring (bicyclic) bond motifs is 1. The van der Waals surface area contributed by atoms with Crippen LogP contribution in [0.4, 0.5) is 4.79 Å². The van der Waals surface area contributed by atoms with Crippen LogP contribution in [0.1, 0.15) is 50.8 Å². The Labute approximate surface area is 145 Å². The number of likely N-dealkylation sites (tertiary alicyclic amines) is 1. The molecule has 5 nitrogen and oxygen atoms in total. The molecule has 6 heteroatoms. The van der Waals surface area contributed by atoms with E-state index in [2.05, 4.69) is 23.2 Å². The maximum Gasteiger partial charge on any atom is 0.410 e. The standard InChI is InChI=1S/C18H26N2O3Si/c1-17(2,3)23-16(21)20-10-8-18(9-11-20)12-13-6-4-5-7-14(13)15(18)19-24-22/h4-7,15,19,24H,8-12H2,1-3H3/t15-/m1/s1. The third-order valence-corrected chi connectivity index (χ3v) is 5.64.